The van der Waals surface area contributed by atoms with Crippen molar-refractivity contribution in [1.29, 1.82) is 0 Å². The number of nitrogens with zero attached hydrogens (tertiary/aromatic N) is 1. The van der Waals surface area contributed by atoms with Crippen LogP contribution in [0, 0.1) is 5.82 Å². The monoisotopic (exact) mass is 258 g/mol. The van der Waals surface area contributed by atoms with E-state index in [1.165, 1.54) is 30.0 Å². The predicted octanol–water partition coefficient (Wildman–Crippen LogP) is 3.40. The molecule has 1 aromatic heterocycles. The minimum Gasteiger partial charge on any atom is -0.349 e. The number of halogens is 1. The number of rotatable bonds is 2. The summed E-state index contributed by atoms with van der Waals surface area (Å²) in [6, 6.07) is 6.93. The van der Waals surface area contributed by atoms with Crippen molar-refractivity contribution in [3.63, 3.8) is 0 Å². The molecule has 1 unspecified atom stereocenters. The molecule has 0 radical (unpaired) electrons. The van der Waals surface area contributed by atoms with E-state index < -0.39 is 0 Å². The molecular weight excluding hydrogens is 239 g/mol. The van der Waals surface area contributed by atoms with Crippen LogP contribution in [0.25, 0.3) is 0 Å². The third-order valence-electron chi connectivity index (χ3n) is 3.86. The fourth-order valence-corrected chi connectivity index (χ4v) is 2.89. The summed E-state index contributed by atoms with van der Waals surface area (Å²) in [5.41, 5.74) is 9.82. The van der Waals surface area contributed by atoms with Crippen LogP contribution in [0.1, 0.15) is 42.0 Å². The van der Waals surface area contributed by atoms with Gasteiger partial charge in [0.2, 0.25) is 0 Å². The number of aryl methyl sites for hydroxylation is 1. The van der Waals surface area contributed by atoms with Crippen molar-refractivity contribution >= 4 is 0 Å². The maximum atomic E-state index is 13.2. The summed E-state index contributed by atoms with van der Waals surface area (Å²) in [5, 5.41) is 0. The second-order valence-corrected chi connectivity index (χ2v) is 5.39. The average molecular weight is 258 g/mol. The highest BCUT2D eigenvalue weighted by Gasteiger charge is 2.17. The van der Waals surface area contributed by atoms with E-state index >= 15 is 0 Å². The maximum absolute atomic E-state index is 13.2. The van der Waals surface area contributed by atoms with E-state index in [-0.39, 0.29) is 11.9 Å². The van der Waals surface area contributed by atoms with Crippen LogP contribution in [0.5, 0.6) is 0 Å². The van der Waals surface area contributed by atoms with E-state index in [0.29, 0.717) is 6.54 Å². The highest BCUT2D eigenvalue weighted by molar-refractivity contribution is 5.30. The van der Waals surface area contributed by atoms with Crippen LogP contribution in [0.15, 0.2) is 36.7 Å². The molecule has 1 atom stereocenters. The Morgan fingerprint density at radius 2 is 2.16 bits per heavy atom. The van der Waals surface area contributed by atoms with Gasteiger partial charge in [-0.15, -0.1) is 0 Å². The number of hydrogen-bond donors (Lipinski definition) is 1. The van der Waals surface area contributed by atoms with Crippen molar-refractivity contribution in [3.8, 4) is 0 Å². The molecule has 3 rings (SSSR count). The molecule has 2 N–H and O–H groups in total. The molecule has 3 heteroatoms. The van der Waals surface area contributed by atoms with Gasteiger partial charge in [-0.3, -0.25) is 0 Å². The molecule has 0 saturated carbocycles. The number of aromatic nitrogens is 1. The van der Waals surface area contributed by atoms with Gasteiger partial charge in [0.05, 0.1) is 0 Å². The molecule has 1 heterocycles. The lowest BCUT2D eigenvalue weighted by molar-refractivity contribution is 0.609. The summed E-state index contributed by atoms with van der Waals surface area (Å²) in [5.74, 6) is -0.178. The minimum atomic E-state index is -0.178. The van der Waals surface area contributed by atoms with Gasteiger partial charge >= 0.3 is 0 Å². The van der Waals surface area contributed by atoms with E-state index in [2.05, 4.69) is 17.0 Å². The van der Waals surface area contributed by atoms with Gasteiger partial charge in [-0.25, -0.2) is 4.39 Å². The van der Waals surface area contributed by atoms with E-state index in [9.17, 15) is 4.39 Å². The first-order valence-electron chi connectivity index (χ1n) is 6.91. The topological polar surface area (TPSA) is 30.9 Å². The molecule has 1 aromatic carbocycles. The first-order chi connectivity index (χ1) is 9.22. The van der Waals surface area contributed by atoms with Crippen LogP contribution < -0.4 is 5.73 Å². The Kier molecular flexibility index (Phi) is 3.38. The molecule has 2 aromatic rings. The van der Waals surface area contributed by atoms with Crippen molar-refractivity contribution in [1.82, 2.24) is 4.57 Å². The van der Waals surface area contributed by atoms with Crippen LogP contribution in [-0.2, 0) is 13.0 Å². The number of hydrogen-bond acceptors (Lipinski definition) is 1. The van der Waals surface area contributed by atoms with Gasteiger partial charge in [0.1, 0.15) is 5.82 Å². The van der Waals surface area contributed by atoms with Crippen molar-refractivity contribution in [3.05, 3.63) is 59.2 Å². The minimum absolute atomic E-state index is 0.159. The largest absolute Gasteiger partial charge is 0.349 e. The molecule has 19 heavy (non-hydrogen) atoms. The number of nitrogens with two attached hydrogens (primary N) is 1. The van der Waals surface area contributed by atoms with Crippen molar-refractivity contribution in [2.24, 2.45) is 5.73 Å². The normalized spacial score (nSPS) is 18.9. The fraction of sp³-hybridized carbons (Fsp3) is 0.375. The quantitative estimate of drug-likeness (QED) is 0.822. The zero-order valence-electron chi connectivity index (χ0n) is 11.0. The Labute approximate surface area is 113 Å². The summed E-state index contributed by atoms with van der Waals surface area (Å²) in [7, 11) is 0. The van der Waals surface area contributed by atoms with Gasteiger partial charge in [0, 0.05) is 25.0 Å². The zero-order valence-corrected chi connectivity index (χ0v) is 11.0. The predicted molar refractivity (Wildman–Crippen MR) is 74.4 cm³/mol. The molecule has 0 saturated heterocycles. The van der Waals surface area contributed by atoms with E-state index in [1.807, 2.05) is 6.07 Å². The summed E-state index contributed by atoms with van der Waals surface area (Å²) >= 11 is 0. The molecular formula is C16H19FN2. The van der Waals surface area contributed by atoms with Gasteiger partial charge < -0.3 is 10.3 Å². The summed E-state index contributed by atoms with van der Waals surface area (Å²) in [4.78, 5) is 0. The number of benzene rings is 1. The van der Waals surface area contributed by atoms with Crippen molar-refractivity contribution in [2.75, 3.05) is 0 Å². The lowest BCUT2D eigenvalue weighted by atomic mass is 10.1. The van der Waals surface area contributed by atoms with Crippen LogP contribution in [0.3, 0.4) is 0 Å². The Morgan fingerprint density at radius 3 is 3.00 bits per heavy atom. The lowest BCUT2D eigenvalue weighted by Gasteiger charge is -2.07. The van der Waals surface area contributed by atoms with Gasteiger partial charge in [0.15, 0.2) is 0 Å². The van der Waals surface area contributed by atoms with E-state index in [4.69, 9.17) is 5.73 Å². The third-order valence-corrected chi connectivity index (χ3v) is 3.86. The van der Waals surface area contributed by atoms with Crippen LogP contribution >= 0.6 is 0 Å². The smallest absolute Gasteiger partial charge is 0.123 e. The Bertz CT molecular complexity index is 574. The average Bonchev–Trinajstić information content (AvgIpc) is 2.70. The second kappa shape index (κ2) is 5.17. The molecule has 0 spiro atoms. The number of fused-ring (bicyclic) bond motifs is 1. The van der Waals surface area contributed by atoms with Gasteiger partial charge in [0.25, 0.3) is 0 Å². The van der Waals surface area contributed by atoms with Gasteiger partial charge in [-0.05, 0) is 48.1 Å². The molecule has 0 amide bonds. The molecule has 2 nitrogen and oxygen atoms in total. The Balaban J connectivity index is 1.85. The first kappa shape index (κ1) is 12.4. The molecule has 1 aliphatic rings. The van der Waals surface area contributed by atoms with Crippen molar-refractivity contribution < 1.29 is 4.39 Å². The second-order valence-electron chi connectivity index (χ2n) is 5.39. The molecule has 100 valence electrons. The Hall–Kier alpha value is -1.61. The van der Waals surface area contributed by atoms with Crippen LogP contribution in [0.2, 0.25) is 0 Å². The van der Waals surface area contributed by atoms with Gasteiger partial charge in [-0.1, -0.05) is 18.6 Å². The Morgan fingerprint density at radius 1 is 1.26 bits per heavy atom. The van der Waals surface area contributed by atoms with Gasteiger partial charge in [-0.2, -0.15) is 0 Å². The summed E-state index contributed by atoms with van der Waals surface area (Å²) in [6.07, 6.45) is 8.90. The fourth-order valence-electron chi connectivity index (χ4n) is 2.89. The molecule has 0 bridgehead atoms. The maximum Gasteiger partial charge on any atom is 0.123 e. The summed E-state index contributed by atoms with van der Waals surface area (Å²) < 4.78 is 15.3. The lowest BCUT2D eigenvalue weighted by Crippen LogP contribution is -2.09. The van der Waals surface area contributed by atoms with Crippen LogP contribution in [-0.4, -0.2) is 4.57 Å². The highest BCUT2D eigenvalue weighted by Crippen LogP contribution is 2.28. The molecule has 0 fully saturated rings. The molecule has 0 aliphatic heterocycles. The van der Waals surface area contributed by atoms with Crippen LogP contribution in [0.4, 0.5) is 4.39 Å². The zero-order chi connectivity index (χ0) is 13.2. The SMILES string of the molecule is NC1CCCCc2cn(Cc3cccc(F)c3)cc21. The highest BCUT2D eigenvalue weighted by atomic mass is 19.1. The third kappa shape index (κ3) is 2.71. The molecule has 1 aliphatic carbocycles. The van der Waals surface area contributed by atoms with E-state index in [1.54, 1.807) is 12.1 Å². The van der Waals surface area contributed by atoms with E-state index in [0.717, 1.165) is 18.4 Å². The summed E-state index contributed by atoms with van der Waals surface area (Å²) in [6.45, 7) is 0.706. The first-order valence-corrected chi connectivity index (χ1v) is 6.91. The van der Waals surface area contributed by atoms with Crippen molar-refractivity contribution in [2.45, 2.75) is 38.3 Å². The standard InChI is InChI=1S/C16H19FN2/c17-14-6-3-4-12(8-14)9-19-10-13-5-1-2-7-16(18)15(13)11-19/h3-4,6,8,10-11,16H,1-2,5,7,9,18H2.